The molecule has 5 heteroatoms. The molecule has 1 unspecified atom stereocenters. The lowest BCUT2D eigenvalue weighted by Gasteiger charge is -2.14. The summed E-state index contributed by atoms with van der Waals surface area (Å²) in [4.78, 5) is 15.7. The number of hydroxylamine groups is 1. The lowest BCUT2D eigenvalue weighted by molar-refractivity contribution is -0.138. The van der Waals surface area contributed by atoms with Crippen molar-refractivity contribution in [1.82, 2.24) is 5.48 Å². The zero-order valence-corrected chi connectivity index (χ0v) is 15.3. The number of aliphatic hydroxyl groups is 1. The van der Waals surface area contributed by atoms with Crippen LogP contribution in [0.25, 0.3) is 0 Å². The number of fused-ring (bicyclic) bond motifs is 1. The van der Waals surface area contributed by atoms with Gasteiger partial charge in [-0.2, -0.15) is 0 Å². The van der Waals surface area contributed by atoms with E-state index in [1.807, 2.05) is 6.92 Å². The molecule has 5 nitrogen and oxygen atoms in total. The Morgan fingerprint density at radius 2 is 2.28 bits per heavy atom. The topological polar surface area (TPSA) is 78.8 Å². The van der Waals surface area contributed by atoms with Gasteiger partial charge in [-0.1, -0.05) is 44.4 Å². The van der Waals surface area contributed by atoms with E-state index in [4.69, 9.17) is 9.94 Å². The van der Waals surface area contributed by atoms with Gasteiger partial charge in [-0.3, -0.25) is 15.1 Å². The fourth-order valence-electron chi connectivity index (χ4n) is 3.54. The van der Waals surface area contributed by atoms with Crippen molar-refractivity contribution in [2.24, 2.45) is 11.8 Å². The second kappa shape index (κ2) is 9.78. The van der Waals surface area contributed by atoms with Gasteiger partial charge in [0.1, 0.15) is 0 Å². The molecule has 2 rings (SSSR count). The number of carboxylic acids is 1. The second-order valence-electron chi connectivity index (χ2n) is 7.12. The summed E-state index contributed by atoms with van der Waals surface area (Å²) in [5.41, 5.74) is 6.24. The van der Waals surface area contributed by atoms with E-state index in [-0.39, 0.29) is 19.1 Å². The van der Waals surface area contributed by atoms with Crippen molar-refractivity contribution in [3.63, 3.8) is 0 Å². The van der Waals surface area contributed by atoms with Crippen molar-refractivity contribution in [2.75, 3.05) is 6.61 Å². The normalized spacial score (nSPS) is 23.9. The first-order valence-electron chi connectivity index (χ1n) is 9.37. The molecule has 0 aromatic rings. The molecule has 0 spiro atoms. The van der Waals surface area contributed by atoms with Crippen LogP contribution in [0.5, 0.6) is 0 Å². The average Bonchev–Trinajstić information content (AvgIpc) is 3.13. The molecular formula is C20H31NO4. The summed E-state index contributed by atoms with van der Waals surface area (Å²) in [5.74, 6) is 0.0487. The summed E-state index contributed by atoms with van der Waals surface area (Å²) in [6.45, 7) is 4.34. The zero-order chi connectivity index (χ0) is 18.2. The maximum Gasteiger partial charge on any atom is 0.305 e. The van der Waals surface area contributed by atoms with Gasteiger partial charge in [-0.15, -0.1) is 0 Å². The van der Waals surface area contributed by atoms with Crippen LogP contribution in [0.15, 0.2) is 35.1 Å². The number of carboxylic acid groups (broad SMARTS) is 1. The molecule has 0 radical (unpaired) electrons. The molecule has 2 aliphatic carbocycles. The van der Waals surface area contributed by atoms with E-state index in [1.54, 1.807) is 0 Å². The van der Waals surface area contributed by atoms with Gasteiger partial charge in [0, 0.05) is 11.6 Å². The van der Waals surface area contributed by atoms with Crippen molar-refractivity contribution >= 4 is 5.97 Å². The first-order chi connectivity index (χ1) is 12.0. The number of hydrogen-bond donors (Lipinski definition) is 3. The number of rotatable bonds is 11. The third-order valence-electron chi connectivity index (χ3n) is 5.03. The summed E-state index contributed by atoms with van der Waals surface area (Å²) in [6, 6.07) is 0. The standard InChI is InChI=1S/C20H31NO4/c1-3-4-5-6-19(22)14(2)11-15-7-8-16-12-17(13-18(15)16)21-25-10-9-20(23)24/h7,11,13,16,18-19,21-22H,3-6,8-10,12H2,1-2H3,(H,23,24)/t16-,18+,19?/m1/s1. The number of aliphatic carboxylic acids is 1. The summed E-state index contributed by atoms with van der Waals surface area (Å²) in [6.07, 6.45) is 12.4. The highest BCUT2D eigenvalue weighted by Crippen LogP contribution is 2.43. The SMILES string of the molecule is CCCCCC(O)C(C)=CC1=CC[C@@H]2CC(NOCCC(=O)O)=C[C@@H]12. The van der Waals surface area contributed by atoms with Crippen LogP contribution in [0.3, 0.4) is 0 Å². The Morgan fingerprint density at radius 1 is 1.48 bits per heavy atom. The van der Waals surface area contributed by atoms with E-state index in [2.05, 4.69) is 30.6 Å². The highest BCUT2D eigenvalue weighted by atomic mass is 16.6. The highest BCUT2D eigenvalue weighted by molar-refractivity contribution is 5.66. The largest absolute Gasteiger partial charge is 0.481 e. The van der Waals surface area contributed by atoms with E-state index < -0.39 is 5.97 Å². The molecule has 0 fully saturated rings. The smallest absolute Gasteiger partial charge is 0.305 e. The van der Waals surface area contributed by atoms with Crippen LogP contribution < -0.4 is 5.48 Å². The van der Waals surface area contributed by atoms with Crippen LogP contribution in [0.2, 0.25) is 0 Å². The number of hydrogen-bond acceptors (Lipinski definition) is 4. The summed E-state index contributed by atoms with van der Waals surface area (Å²) in [7, 11) is 0. The molecule has 0 heterocycles. The summed E-state index contributed by atoms with van der Waals surface area (Å²) < 4.78 is 0. The van der Waals surface area contributed by atoms with Crippen LogP contribution in [0.1, 0.15) is 58.8 Å². The van der Waals surface area contributed by atoms with Gasteiger partial charge in [-0.25, -0.2) is 0 Å². The molecule has 0 saturated carbocycles. The maximum atomic E-state index is 10.5. The van der Waals surface area contributed by atoms with Gasteiger partial charge in [0.15, 0.2) is 0 Å². The number of aliphatic hydroxyl groups excluding tert-OH is 1. The third-order valence-corrected chi connectivity index (χ3v) is 5.03. The lowest BCUT2D eigenvalue weighted by atomic mass is 9.92. The lowest BCUT2D eigenvalue weighted by Crippen LogP contribution is -2.16. The van der Waals surface area contributed by atoms with Crippen molar-refractivity contribution in [1.29, 1.82) is 0 Å². The monoisotopic (exact) mass is 349 g/mol. The van der Waals surface area contributed by atoms with Crippen LogP contribution >= 0.6 is 0 Å². The predicted octanol–water partition coefficient (Wildman–Crippen LogP) is 3.72. The van der Waals surface area contributed by atoms with Gasteiger partial charge in [0.05, 0.1) is 19.1 Å². The van der Waals surface area contributed by atoms with Crippen molar-refractivity contribution < 1.29 is 19.8 Å². The van der Waals surface area contributed by atoms with Crippen LogP contribution in [-0.4, -0.2) is 28.9 Å². The fourth-order valence-corrected chi connectivity index (χ4v) is 3.54. The Balaban J connectivity index is 1.85. The van der Waals surface area contributed by atoms with E-state index in [1.165, 1.54) is 12.0 Å². The molecule has 0 aromatic carbocycles. The Hall–Kier alpha value is -1.59. The molecule has 0 bridgehead atoms. The Morgan fingerprint density at radius 3 is 3.00 bits per heavy atom. The second-order valence-corrected chi connectivity index (χ2v) is 7.12. The first kappa shape index (κ1) is 19.7. The molecular weight excluding hydrogens is 318 g/mol. The molecule has 0 saturated heterocycles. The minimum absolute atomic E-state index is 0.00383. The van der Waals surface area contributed by atoms with Crippen molar-refractivity contribution in [2.45, 2.75) is 64.9 Å². The minimum Gasteiger partial charge on any atom is -0.481 e. The molecule has 0 aromatic heterocycles. The van der Waals surface area contributed by atoms with Gasteiger partial charge in [0.25, 0.3) is 0 Å². The van der Waals surface area contributed by atoms with Gasteiger partial charge >= 0.3 is 5.97 Å². The molecule has 0 amide bonds. The minimum atomic E-state index is -0.859. The molecule has 25 heavy (non-hydrogen) atoms. The van der Waals surface area contributed by atoms with Crippen molar-refractivity contribution in [3.8, 4) is 0 Å². The van der Waals surface area contributed by atoms with E-state index >= 15 is 0 Å². The van der Waals surface area contributed by atoms with Gasteiger partial charge in [-0.05, 0) is 43.3 Å². The molecule has 3 atom stereocenters. The predicted molar refractivity (Wildman–Crippen MR) is 97.6 cm³/mol. The zero-order valence-electron chi connectivity index (χ0n) is 15.3. The van der Waals surface area contributed by atoms with E-state index in [0.29, 0.717) is 11.8 Å². The Bertz CT molecular complexity index is 550. The Kier molecular flexibility index (Phi) is 7.72. The Labute approximate surface area is 150 Å². The van der Waals surface area contributed by atoms with E-state index in [9.17, 15) is 9.90 Å². The quantitative estimate of drug-likeness (QED) is 0.391. The summed E-state index contributed by atoms with van der Waals surface area (Å²) in [5, 5.41) is 18.9. The van der Waals surface area contributed by atoms with Crippen molar-refractivity contribution in [3.05, 3.63) is 35.1 Å². The first-order valence-corrected chi connectivity index (χ1v) is 9.37. The number of nitrogens with one attached hydrogen (secondary N) is 1. The van der Waals surface area contributed by atoms with Crippen LogP contribution in [0.4, 0.5) is 0 Å². The van der Waals surface area contributed by atoms with E-state index in [0.717, 1.165) is 43.4 Å². The third kappa shape index (κ3) is 6.01. The average molecular weight is 349 g/mol. The number of unbranched alkanes of at least 4 members (excludes halogenated alkanes) is 2. The maximum absolute atomic E-state index is 10.5. The molecule has 140 valence electrons. The molecule has 0 aliphatic heterocycles. The van der Waals surface area contributed by atoms with Gasteiger partial charge in [0.2, 0.25) is 0 Å². The fraction of sp³-hybridized carbons (Fsp3) is 0.650. The van der Waals surface area contributed by atoms with Crippen LogP contribution in [0, 0.1) is 11.8 Å². The summed E-state index contributed by atoms with van der Waals surface area (Å²) >= 11 is 0. The molecule has 2 aliphatic rings. The van der Waals surface area contributed by atoms with Gasteiger partial charge < -0.3 is 10.2 Å². The highest BCUT2D eigenvalue weighted by Gasteiger charge is 2.33. The van der Waals surface area contributed by atoms with Crippen LogP contribution in [-0.2, 0) is 9.63 Å². The molecule has 3 N–H and O–H groups in total. The number of carbonyl (C=O) groups is 1. The number of allylic oxidation sites excluding steroid dienone is 5.